The third-order valence-electron chi connectivity index (χ3n) is 2.40. The van der Waals surface area contributed by atoms with Crippen molar-refractivity contribution in [3.05, 3.63) is 29.8 Å². The van der Waals surface area contributed by atoms with E-state index in [-0.39, 0.29) is 12.2 Å². The number of benzene rings is 1. The molecule has 21 heavy (non-hydrogen) atoms. The molecule has 6 heteroatoms. The van der Waals surface area contributed by atoms with Crippen LogP contribution in [0.3, 0.4) is 0 Å². The Balaban J connectivity index is 2.89. The van der Waals surface area contributed by atoms with Crippen molar-refractivity contribution in [2.75, 3.05) is 11.9 Å². The molecule has 0 aliphatic heterocycles. The van der Waals surface area contributed by atoms with Gasteiger partial charge in [-0.1, -0.05) is 18.2 Å². The van der Waals surface area contributed by atoms with Crippen LogP contribution >= 0.6 is 0 Å². The summed E-state index contributed by atoms with van der Waals surface area (Å²) in [5.74, 6) is -0.768. The Hall–Kier alpha value is -2.08. The monoisotopic (exact) mass is 295 g/mol. The van der Waals surface area contributed by atoms with Crippen LogP contribution in [0.5, 0.6) is 0 Å². The van der Waals surface area contributed by atoms with Gasteiger partial charge in [-0.2, -0.15) is 0 Å². The maximum Gasteiger partial charge on any atom is 0.412 e. The second-order valence-corrected chi connectivity index (χ2v) is 5.37. The molecule has 0 fully saturated rings. The highest BCUT2D eigenvalue weighted by Crippen LogP contribution is 2.24. The van der Waals surface area contributed by atoms with Gasteiger partial charge in [0.2, 0.25) is 0 Å². The van der Waals surface area contributed by atoms with Crippen LogP contribution in [0, 0.1) is 0 Å². The van der Waals surface area contributed by atoms with Gasteiger partial charge in [-0.25, -0.2) is 9.59 Å². The molecule has 0 saturated heterocycles. The largest absolute Gasteiger partial charge is 0.464 e. The first-order valence-corrected chi connectivity index (χ1v) is 6.68. The summed E-state index contributed by atoms with van der Waals surface area (Å²) in [6, 6.07) is 6.43. The Bertz CT molecular complexity index is 507. The molecule has 1 amide bonds. The van der Waals surface area contributed by atoms with E-state index < -0.39 is 23.8 Å². The second-order valence-electron chi connectivity index (χ2n) is 5.37. The van der Waals surface area contributed by atoms with Crippen molar-refractivity contribution in [1.29, 1.82) is 0 Å². The number of aliphatic hydroxyl groups excluding tert-OH is 1. The predicted molar refractivity (Wildman–Crippen MR) is 77.9 cm³/mol. The molecule has 0 bridgehead atoms. The summed E-state index contributed by atoms with van der Waals surface area (Å²) in [6.45, 7) is 7.04. The number of ether oxygens (including phenoxy) is 2. The van der Waals surface area contributed by atoms with Gasteiger partial charge >= 0.3 is 12.1 Å². The van der Waals surface area contributed by atoms with Crippen molar-refractivity contribution < 1.29 is 24.2 Å². The summed E-state index contributed by atoms with van der Waals surface area (Å²) >= 11 is 0. The molecule has 1 rings (SSSR count). The molecule has 0 aromatic heterocycles. The van der Waals surface area contributed by atoms with Gasteiger partial charge in [0.25, 0.3) is 0 Å². The lowest BCUT2D eigenvalue weighted by Gasteiger charge is -2.21. The van der Waals surface area contributed by atoms with Gasteiger partial charge in [0.05, 0.1) is 12.3 Å². The number of carbonyl (C=O) groups excluding carboxylic acids is 2. The van der Waals surface area contributed by atoms with E-state index in [9.17, 15) is 14.7 Å². The number of para-hydroxylation sites is 1. The van der Waals surface area contributed by atoms with Crippen molar-refractivity contribution in [1.82, 2.24) is 0 Å². The first-order valence-electron chi connectivity index (χ1n) is 6.68. The fraction of sp³-hybridized carbons (Fsp3) is 0.467. The first-order chi connectivity index (χ1) is 9.74. The highest BCUT2D eigenvalue weighted by Gasteiger charge is 2.23. The van der Waals surface area contributed by atoms with E-state index in [0.29, 0.717) is 5.69 Å². The molecule has 1 unspecified atom stereocenters. The zero-order valence-corrected chi connectivity index (χ0v) is 12.7. The Labute approximate surface area is 124 Å². The van der Waals surface area contributed by atoms with E-state index >= 15 is 0 Å². The maximum absolute atomic E-state index is 11.8. The van der Waals surface area contributed by atoms with E-state index in [2.05, 4.69) is 5.32 Å². The zero-order chi connectivity index (χ0) is 16.0. The molecule has 2 N–H and O–H groups in total. The Morgan fingerprint density at radius 2 is 1.90 bits per heavy atom. The lowest BCUT2D eigenvalue weighted by atomic mass is 10.1. The predicted octanol–water partition coefficient (Wildman–Crippen LogP) is 2.63. The van der Waals surface area contributed by atoms with E-state index in [0.717, 1.165) is 0 Å². The molecular formula is C15H21NO5. The molecule has 0 aliphatic carbocycles. The second kappa shape index (κ2) is 7.08. The van der Waals surface area contributed by atoms with Crippen molar-refractivity contribution in [2.24, 2.45) is 0 Å². The van der Waals surface area contributed by atoms with Crippen LogP contribution in [0.15, 0.2) is 24.3 Å². The van der Waals surface area contributed by atoms with Crippen molar-refractivity contribution >= 4 is 17.7 Å². The third-order valence-corrected chi connectivity index (χ3v) is 2.40. The highest BCUT2D eigenvalue weighted by molar-refractivity contribution is 5.88. The summed E-state index contributed by atoms with van der Waals surface area (Å²) in [7, 11) is 0. The lowest BCUT2D eigenvalue weighted by Crippen LogP contribution is -2.28. The normalized spacial score (nSPS) is 12.4. The van der Waals surface area contributed by atoms with Gasteiger partial charge in [0, 0.05) is 5.56 Å². The van der Waals surface area contributed by atoms with Crippen LogP contribution in [0.2, 0.25) is 0 Å². The molecule has 1 aromatic carbocycles. The quantitative estimate of drug-likeness (QED) is 0.834. The summed E-state index contributed by atoms with van der Waals surface area (Å²) in [6.07, 6.45) is -2.12. The van der Waals surface area contributed by atoms with E-state index in [1.54, 1.807) is 45.9 Å². The van der Waals surface area contributed by atoms with Crippen LogP contribution in [0.1, 0.15) is 39.4 Å². The van der Waals surface area contributed by atoms with Crippen LogP contribution < -0.4 is 5.32 Å². The van der Waals surface area contributed by atoms with Crippen molar-refractivity contribution in [3.63, 3.8) is 0 Å². The number of esters is 1. The molecule has 0 spiro atoms. The minimum atomic E-state index is -1.46. The molecule has 0 radical (unpaired) electrons. The summed E-state index contributed by atoms with van der Waals surface area (Å²) in [5.41, 5.74) is -0.0900. The number of nitrogens with one attached hydrogen (secondary N) is 1. The third kappa shape index (κ3) is 5.43. The maximum atomic E-state index is 11.8. The van der Waals surface area contributed by atoms with Gasteiger partial charge in [-0.05, 0) is 33.8 Å². The fourth-order valence-electron chi connectivity index (χ4n) is 1.61. The smallest absolute Gasteiger partial charge is 0.412 e. The average Bonchev–Trinajstić information content (AvgIpc) is 2.36. The number of anilines is 1. The van der Waals surface area contributed by atoms with Gasteiger partial charge in [0.15, 0.2) is 6.10 Å². The summed E-state index contributed by atoms with van der Waals surface area (Å²) in [5, 5.41) is 12.5. The average molecular weight is 295 g/mol. The number of rotatable bonds is 4. The Morgan fingerprint density at radius 3 is 2.48 bits per heavy atom. The van der Waals surface area contributed by atoms with Gasteiger partial charge < -0.3 is 14.6 Å². The molecular weight excluding hydrogens is 274 g/mol. The van der Waals surface area contributed by atoms with Crippen LogP contribution in [-0.4, -0.2) is 29.4 Å². The minimum Gasteiger partial charge on any atom is -0.464 e. The van der Waals surface area contributed by atoms with Crippen molar-refractivity contribution in [3.8, 4) is 0 Å². The molecule has 0 saturated carbocycles. The summed E-state index contributed by atoms with van der Waals surface area (Å²) < 4.78 is 9.90. The number of aliphatic hydroxyl groups is 1. The Morgan fingerprint density at radius 1 is 1.29 bits per heavy atom. The fourth-order valence-corrected chi connectivity index (χ4v) is 1.61. The molecule has 0 heterocycles. The number of carbonyl (C=O) groups is 2. The molecule has 1 aromatic rings. The van der Waals surface area contributed by atoms with Crippen LogP contribution in [0.4, 0.5) is 10.5 Å². The number of hydrogen-bond acceptors (Lipinski definition) is 5. The van der Waals surface area contributed by atoms with Crippen LogP contribution in [-0.2, 0) is 14.3 Å². The van der Waals surface area contributed by atoms with Gasteiger partial charge in [-0.15, -0.1) is 0 Å². The van der Waals surface area contributed by atoms with Crippen LogP contribution in [0.25, 0.3) is 0 Å². The van der Waals surface area contributed by atoms with E-state index in [4.69, 9.17) is 9.47 Å². The van der Waals surface area contributed by atoms with Gasteiger partial charge in [0.1, 0.15) is 5.60 Å². The minimum absolute atomic E-state index is 0.164. The number of amides is 1. The number of hydrogen-bond donors (Lipinski definition) is 2. The zero-order valence-electron chi connectivity index (χ0n) is 12.7. The molecule has 0 aliphatic rings. The van der Waals surface area contributed by atoms with E-state index in [1.165, 1.54) is 6.07 Å². The Kier molecular flexibility index (Phi) is 5.72. The SMILES string of the molecule is CCOC(=O)C(O)c1ccccc1NC(=O)OC(C)(C)C. The molecule has 116 valence electrons. The topological polar surface area (TPSA) is 84.9 Å². The summed E-state index contributed by atoms with van der Waals surface area (Å²) in [4.78, 5) is 23.4. The first kappa shape index (κ1) is 17.0. The molecule has 1 atom stereocenters. The van der Waals surface area contributed by atoms with Crippen molar-refractivity contribution in [2.45, 2.75) is 39.4 Å². The highest BCUT2D eigenvalue weighted by atomic mass is 16.6. The van der Waals surface area contributed by atoms with E-state index in [1.807, 2.05) is 0 Å². The standard InChI is InChI=1S/C15H21NO5/c1-5-20-13(18)12(17)10-8-6-7-9-11(10)16-14(19)21-15(2,3)4/h6-9,12,17H,5H2,1-4H3,(H,16,19). The molecule has 6 nitrogen and oxygen atoms in total. The lowest BCUT2D eigenvalue weighted by molar-refractivity contribution is -0.153. The van der Waals surface area contributed by atoms with Gasteiger partial charge in [-0.3, -0.25) is 5.32 Å².